The van der Waals surface area contributed by atoms with E-state index in [9.17, 15) is 18.0 Å². The number of halogens is 3. The molecule has 0 aliphatic carbocycles. The van der Waals surface area contributed by atoms with E-state index in [0.717, 1.165) is 17.4 Å². The minimum absolute atomic E-state index is 0.0450. The Labute approximate surface area is 185 Å². The Balaban J connectivity index is 1.58. The third-order valence-electron chi connectivity index (χ3n) is 5.27. The number of rotatable bonds is 4. The van der Waals surface area contributed by atoms with Gasteiger partial charge in [0.25, 0.3) is 5.91 Å². The largest absolute Gasteiger partial charge is 0.389 e. The lowest BCUT2D eigenvalue weighted by Gasteiger charge is -2.17. The molecule has 5 N–H and O–H groups in total. The summed E-state index contributed by atoms with van der Waals surface area (Å²) in [6, 6.07) is 3.06. The summed E-state index contributed by atoms with van der Waals surface area (Å²) in [5.74, 6) is -2.75. The van der Waals surface area contributed by atoms with Crippen molar-refractivity contribution in [2.24, 2.45) is 12.8 Å². The standard InChI is InChI=1S/C20H21F3N6O2S/c1-29-17(14-6-5-12(24)11(22)8-31-14)13(7-26-29)27-19(30)16-18(25)32-20(28-16)9-3-2-4-10(21)15(9)23/h2-4,7,11-12,14H,5-6,8,24-25H2,1H3,(H,27,30)/t11-,12-,14+/m1/s1. The van der Waals surface area contributed by atoms with Crippen LogP contribution in [-0.4, -0.2) is 39.5 Å². The van der Waals surface area contributed by atoms with Crippen molar-refractivity contribution in [3.05, 3.63) is 47.4 Å². The number of nitrogens with zero attached hydrogens (tertiary/aromatic N) is 3. The second kappa shape index (κ2) is 8.88. The SMILES string of the molecule is Cn1ncc(NC(=O)c2nc(-c3cccc(F)c3F)sc2N)c1[C@@H]1CC[C@@H](N)[C@H](F)CO1. The maximum atomic E-state index is 14.1. The van der Waals surface area contributed by atoms with Gasteiger partial charge in [-0.3, -0.25) is 9.48 Å². The van der Waals surface area contributed by atoms with Crippen molar-refractivity contribution in [3.63, 3.8) is 0 Å². The quantitative estimate of drug-likeness (QED) is 0.543. The highest BCUT2D eigenvalue weighted by molar-refractivity contribution is 7.19. The van der Waals surface area contributed by atoms with Crippen molar-refractivity contribution >= 4 is 27.9 Å². The van der Waals surface area contributed by atoms with Crippen LogP contribution in [0.1, 0.15) is 35.1 Å². The van der Waals surface area contributed by atoms with Crippen LogP contribution >= 0.6 is 11.3 Å². The summed E-state index contributed by atoms with van der Waals surface area (Å²) in [6.07, 6.45) is 0.499. The number of thiazole rings is 1. The first-order chi connectivity index (χ1) is 15.3. The number of benzene rings is 1. The predicted octanol–water partition coefficient (Wildman–Crippen LogP) is 3.17. The molecule has 0 spiro atoms. The first-order valence-corrected chi connectivity index (χ1v) is 10.6. The van der Waals surface area contributed by atoms with E-state index in [1.807, 2.05) is 0 Å². The summed E-state index contributed by atoms with van der Waals surface area (Å²) in [7, 11) is 1.67. The number of alkyl halides is 1. The number of carbonyl (C=O) groups excluding carboxylic acids is 1. The summed E-state index contributed by atoms with van der Waals surface area (Å²) in [5.41, 5.74) is 12.4. The van der Waals surface area contributed by atoms with E-state index in [1.54, 1.807) is 7.05 Å². The van der Waals surface area contributed by atoms with Gasteiger partial charge in [0.1, 0.15) is 22.3 Å². The van der Waals surface area contributed by atoms with Gasteiger partial charge in [-0.05, 0) is 25.0 Å². The number of hydrogen-bond donors (Lipinski definition) is 3. The fraction of sp³-hybridized carbons (Fsp3) is 0.350. The molecule has 0 saturated carbocycles. The van der Waals surface area contributed by atoms with Crippen molar-refractivity contribution < 1.29 is 22.7 Å². The number of ether oxygens (including phenoxy) is 1. The van der Waals surface area contributed by atoms with Crippen molar-refractivity contribution in [2.45, 2.75) is 31.2 Å². The number of amides is 1. The number of nitrogens with one attached hydrogen (secondary N) is 1. The monoisotopic (exact) mass is 466 g/mol. The molecule has 0 unspecified atom stereocenters. The lowest BCUT2D eigenvalue weighted by molar-refractivity contribution is 0.0247. The molecule has 2 aromatic heterocycles. The molecule has 32 heavy (non-hydrogen) atoms. The zero-order chi connectivity index (χ0) is 23.0. The Morgan fingerprint density at radius 2 is 2.12 bits per heavy atom. The molecule has 1 fully saturated rings. The first-order valence-electron chi connectivity index (χ1n) is 9.81. The molecular formula is C20H21F3N6O2S. The molecule has 0 bridgehead atoms. The van der Waals surface area contributed by atoms with Crippen LogP contribution < -0.4 is 16.8 Å². The molecule has 12 heteroatoms. The van der Waals surface area contributed by atoms with E-state index in [-0.39, 0.29) is 27.9 Å². The molecule has 1 amide bonds. The highest BCUT2D eigenvalue weighted by Gasteiger charge is 2.30. The predicted molar refractivity (Wildman–Crippen MR) is 114 cm³/mol. The topological polar surface area (TPSA) is 121 Å². The lowest BCUT2D eigenvalue weighted by atomic mass is 10.0. The molecule has 3 aromatic rings. The average molecular weight is 466 g/mol. The van der Waals surface area contributed by atoms with E-state index in [4.69, 9.17) is 16.2 Å². The molecule has 1 aliphatic rings. The molecule has 1 aromatic carbocycles. The highest BCUT2D eigenvalue weighted by Crippen LogP contribution is 2.35. The van der Waals surface area contributed by atoms with Gasteiger partial charge in [-0.2, -0.15) is 5.10 Å². The molecule has 170 valence electrons. The van der Waals surface area contributed by atoms with Gasteiger partial charge in [-0.1, -0.05) is 17.4 Å². The Morgan fingerprint density at radius 3 is 2.91 bits per heavy atom. The summed E-state index contributed by atoms with van der Waals surface area (Å²) < 4.78 is 48.8. The van der Waals surface area contributed by atoms with Crippen LogP contribution in [0.4, 0.5) is 23.9 Å². The fourth-order valence-electron chi connectivity index (χ4n) is 3.54. The first kappa shape index (κ1) is 22.2. The molecule has 1 aliphatic heterocycles. The molecule has 3 heterocycles. The van der Waals surface area contributed by atoms with Crippen LogP contribution in [0, 0.1) is 11.6 Å². The maximum absolute atomic E-state index is 14.1. The summed E-state index contributed by atoms with van der Waals surface area (Å²) >= 11 is 0.868. The molecule has 8 nitrogen and oxygen atoms in total. The van der Waals surface area contributed by atoms with Crippen LogP contribution in [0.15, 0.2) is 24.4 Å². The number of nitrogens with two attached hydrogens (primary N) is 2. The van der Waals surface area contributed by atoms with Crippen LogP contribution in [0.2, 0.25) is 0 Å². The van der Waals surface area contributed by atoms with E-state index < -0.39 is 35.9 Å². The minimum atomic E-state index is -1.28. The van der Waals surface area contributed by atoms with Gasteiger partial charge in [0, 0.05) is 18.7 Å². The Kier molecular flexibility index (Phi) is 6.17. The maximum Gasteiger partial charge on any atom is 0.277 e. The summed E-state index contributed by atoms with van der Waals surface area (Å²) in [4.78, 5) is 17.0. The molecule has 4 rings (SSSR count). The van der Waals surface area contributed by atoms with E-state index >= 15 is 0 Å². The Morgan fingerprint density at radius 1 is 1.34 bits per heavy atom. The van der Waals surface area contributed by atoms with Crippen LogP contribution in [-0.2, 0) is 11.8 Å². The fourth-order valence-corrected chi connectivity index (χ4v) is 4.39. The number of aryl methyl sites for hydroxylation is 1. The number of nitrogen functional groups attached to an aromatic ring is 1. The smallest absolute Gasteiger partial charge is 0.277 e. The van der Waals surface area contributed by atoms with Gasteiger partial charge in [0.2, 0.25) is 0 Å². The van der Waals surface area contributed by atoms with Crippen LogP contribution in [0.3, 0.4) is 0 Å². The Hall–Kier alpha value is -2.96. The molecule has 3 atom stereocenters. The van der Waals surface area contributed by atoms with Crippen molar-refractivity contribution in [2.75, 3.05) is 17.7 Å². The number of anilines is 2. The normalized spacial score (nSPS) is 21.3. The molecule has 0 radical (unpaired) electrons. The van der Waals surface area contributed by atoms with Crippen molar-refractivity contribution in [3.8, 4) is 10.6 Å². The zero-order valence-corrected chi connectivity index (χ0v) is 17.8. The zero-order valence-electron chi connectivity index (χ0n) is 17.0. The van der Waals surface area contributed by atoms with Crippen LogP contribution in [0.5, 0.6) is 0 Å². The van der Waals surface area contributed by atoms with Gasteiger partial charge >= 0.3 is 0 Å². The molecule has 1 saturated heterocycles. The highest BCUT2D eigenvalue weighted by atomic mass is 32.1. The summed E-state index contributed by atoms with van der Waals surface area (Å²) in [5, 5.41) is 6.97. The molecular weight excluding hydrogens is 445 g/mol. The van der Waals surface area contributed by atoms with Crippen molar-refractivity contribution in [1.29, 1.82) is 0 Å². The number of carbonyl (C=O) groups is 1. The van der Waals surface area contributed by atoms with Crippen LogP contribution in [0.25, 0.3) is 10.6 Å². The van der Waals surface area contributed by atoms with Gasteiger partial charge in [0.05, 0.1) is 24.2 Å². The van der Waals surface area contributed by atoms with Gasteiger partial charge < -0.3 is 21.5 Å². The minimum Gasteiger partial charge on any atom is -0.389 e. The number of hydrogen-bond acceptors (Lipinski definition) is 7. The Bertz CT molecular complexity index is 1140. The second-order valence-corrected chi connectivity index (χ2v) is 8.46. The van der Waals surface area contributed by atoms with E-state index in [0.29, 0.717) is 24.2 Å². The third-order valence-corrected chi connectivity index (χ3v) is 6.19. The summed E-state index contributed by atoms with van der Waals surface area (Å²) in [6.45, 7) is -0.161. The van der Waals surface area contributed by atoms with Gasteiger partial charge in [-0.15, -0.1) is 0 Å². The third kappa shape index (κ3) is 4.20. The van der Waals surface area contributed by atoms with E-state index in [1.165, 1.54) is 23.0 Å². The number of aromatic nitrogens is 3. The lowest BCUT2D eigenvalue weighted by Crippen LogP contribution is -2.32. The average Bonchev–Trinajstić information content (AvgIpc) is 3.27. The van der Waals surface area contributed by atoms with Crippen molar-refractivity contribution in [1.82, 2.24) is 14.8 Å². The van der Waals surface area contributed by atoms with Gasteiger partial charge in [0.15, 0.2) is 17.3 Å². The second-order valence-electron chi connectivity index (χ2n) is 7.43. The van der Waals surface area contributed by atoms with Gasteiger partial charge in [-0.25, -0.2) is 18.2 Å². The van der Waals surface area contributed by atoms with E-state index in [2.05, 4.69) is 15.4 Å².